The molecule has 1 fully saturated rings. The van der Waals surface area contributed by atoms with Gasteiger partial charge in [0.15, 0.2) is 6.61 Å². The van der Waals surface area contributed by atoms with E-state index in [4.69, 9.17) is 4.74 Å². The van der Waals surface area contributed by atoms with E-state index in [1.807, 2.05) is 0 Å². The summed E-state index contributed by atoms with van der Waals surface area (Å²) in [4.78, 5) is 15.2. The smallest absolute Gasteiger partial charge is 0.454 e. The Hall–Kier alpha value is -2.10. The number of hydrogen-bond donors (Lipinski definition) is 0. The number of nitrogens with zero attached hydrogens (tertiary/aromatic N) is 2. The Morgan fingerprint density at radius 2 is 2.00 bits per heavy atom. The number of amides is 1. The lowest BCUT2D eigenvalue weighted by Crippen LogP contribution is -2.25. The minimum Gasteiger partial charge on any atom is -0.454 e. The molecule has 6 nitrogen and oxygen atoms in total. The molecule has 2 rings (SSSR count). The Balaban J connectivity index is 2.40. The Labute approximate surface area is 117 Å². The molecule has 1 aliphatic heterocycles. The van der Waals surface area contributed by atoms with Crippen molar-refractivity contribution >= 4 is 27.5 Å². The van der Waals surface area contributed by atoms with Gasteiger partial charge >= 0.3 is 5.51 Å². The maximum absolute atomic E-state index is 12.5. The van der Waals surface area contributed by atoms with Crippen molar-refractivity contribution in [2.45, 2.75) is 10.4 Å². The van der Waals surface area contributed by atoms with Gasteiger partial charge in [0.1, 0.15) is 0 Å². The van der Waals surface area contributed by atoms with Crippen molar-refractivity contribution in [3.8, 4) is 0 Å². The van der Waals surface area contributed by atoms with Gasteiger partial charge in [-0.05, 0) is 18.2 Å². The van der Waals surface area contributed by atoms with Gasteiger partial charge in [0.05, 0.1) is 10.6 Å². The van der Waals surface area contributed by atoms with Crippen LogP contribution in [-0.2, 0) is 19.4 Å². The lowest BCUT2D eigenvalue weighted by Gasteiger charge is -2.09. The molecule has 1 saturated heterocycles. The molecule has 0 atom stereocenters. The first-order valence-corrected chi connectivity index (χ1v) is 7.01. The molecule has 1 heterocycles. The average Bonchev–Trinajstić information content (AvgIpc) is 2.70. The molecular weight excluding hydrogens is 313 g/mol. The fraction of sp³-hybridized carbons (Fsp3) is 0.273. The van der Waals surface area contributed by atoms with Crippen molar-refractivity contribution < 1.29 is 31.1 Å². The molecule has 1 aromatic carbocycles. The first-order valence-electron chi connectivity index (χ1n) is 5.52. The van der Waals surface area contributed by atoms with Crippen LogP contribution < -0.4 is 0 Å². The van der Waals surface area contributed by atoms with Crippen LogP contribution in [0.25, 0.3) is 0 Å². The van der Waals surface area contributed by atoms with Crippen LogP contribution in [0.15, 0.2) is 34.2 Å². The fourth-order valence-corrected chi connectivity index (χ4v) is 2.30. The highest BCUT2D eigenvalue weighted by molar-refractivity contribution is 7.92. The number of sulfone groups is 1. The van der Waals surface area contributed by atoms with E-state index in [0.29, 0.717) is 0 Å². The lowest BCUT2D eigenvalue weighted by molar-refractivity contribution is -0.124. The molecule has 1 aliphatic rings. The molecule has 114 valence electrons. The third-order valence-corrected chi connectivity index (χ3v) is 4.13. The standard InChI is InChI=1S/C11H9F3N2O4S/c1-16-9(17)6-20-10(16)15-7-3-2-4-8(5-7)21(18,19)11(12,13)14/h2-5H,6H2,1H3. The van der Waals surface area contributed by atoms with Crippen molar-refractivity contribution in [3.63, 3.8) is 0 Å². The monoisotopic (exact) mass is 322 g/mol. The van der Waals surface area contributed by atoms with E-state index in [2.05, 4.69) is 4.99 Å². The first kappa shape index (κ1) is 15.3. The van der Waals surface area contributed by atoms with E-state index in [1.165, 1.54) is 13.1 Å². The predicted octanol–water partition coefficient (Wildman–Crippen LogP) is 1.46. The van der Waals surface area contributed by atoms with Crippen molar-refractivity contribution in [2.24, 2.45) is 4.99 Å². The van der Waals surface area contributed by atoms with Crippen molar-refractivity contribution in [2.75, 3.05) is 13.7 Å². The van der Waals surface area contributed by atoms with E-state index in [-0.39, 0.29) is 24.2 Å². The number of halogens is 3. The second kappa shape index (κ2) is 5.02. The van der Waals surface area contributed by atoms with E-state index >= 15 is 0 Å². The summed E-state index contributed by atoms with van der Waals surface area (Å²) in [6.07, 6.45) is 0. The second-order valence-electron chi connectivity index (χ2n) is 4.08. The third kappa shape index (κ3) is 2.84. The first-order chi connectivity index (χ1) is 9.63. The van der Waals surface area contributed by atoms with Crippen LogP contribution in [0.4, 0.5) is 18.9 Å². The van der Waals surface area contributed by atoms with Crippen LogP contribution in [0.3, 0.4) is 0 Å². The van der Waals surface area contributed by atoms with Crippen LogP contribution in [0.1, 0.15) is 0 Å². The lowest BCUT2D eigenvalue weighted by atomic mass is 10.3. The zero-order valence-corrected chi connectivity index (χ0v) is 11.4. The molecule has 0 aromatic heterocycles. The fourth-order valence-electron chi connectivity index (χ4n) is 1.50. The largest absolute Gasteiger partial charge is 0.501 e. The molecule has 0 N–H and O–H groups in total. The van der Waals surface area contributed by atoms with Crippen LogP contribution >= 0.6 is 0 Å². The molecule has 0 saturated carbocycles. The van der Waals surface area contributed by atoms with E-state index in [1.54, 1.807) is 0 Å². The highest BCUT2D eigenvalue weighted by Crippen LogP contribution is 2.31. The quantitative estimate of drug-likeness (QED) is 0.826. The van der Waals surface area contributed by atoms with Gasteiger partial charge in [0.25, 0.3) is 21.8 Å². The molecule has 1 amide bonds. The van der Waals surface area contributed by atoms with Crippen molar-refractivity contribution in [1.29, 1.82) is 0 Å². The summed E-state index contributed by atoms with van der Waals surface area (Å²) < 4.78 is 64.9. The maximum Gasteiger partial charge on any atom is 0.501 e. The normalized spacial score (nSPS) is 18.2. The van der Waals surface area contributed by atoms with Crippen LogP contribution in [0.5, 0.6) is 0 Å². The number of aliphatic imine (C=N–C) groups is 1. The minimum atomic E-state index is -5.45. The highest BCUT2D eigenvalue weighted by atomic mass is 32.2. The van der Waals surface area contributed by atoms with Crippen molar-refractivity contribution in [3.05, 3.63) is 24.3 Å². The highest BCUT2D eigenvalue weighted by Gasteiger charge is 2.46. The molecule has 10 heteroatoms. The van der Waals surface area contributed by atoms with E-state index in [0.717, 1.165) is 23.1 Å². The van der Waals surface area contributed by atoms with Gasteiger partial charge in [-0.1, -0.05) is 6.07 Å². The van der Waals surface area contributed by atoms with Gasteiger partial charge < -0.3 is 4.74 Å². The minimum absolute atomic E-state index is 0.0723. The zero-order valence-electron chi connectivity index (χ0n) is 10.6. The molecule has 0 aliphatic carbocycles. The molecule has 0 bridgehead atoms. The molecule has 0 unspecified atom stereocenters. The summed E-state index contributed by atoms with van der Waals surface area (Å²) in [6.45, 7) is -0.226. The van der Waals surface area contributed by atoms with E-state index < -0.39 is 20.2 Å². The molecule has 0 radical (unpaired) electrons. The van der Waals surface area contributed by atoms with Crippen molar-refractivity contribution in [1.82, 2.24) is 4.90 Å². The zero-order chi connectivity index (χ0) is 15.8. The van der Waals surface area contributed by atoms with Gasteiger partial charge in [-0.2, -0.15) is 18.2 Å². The maximum atomic E-state index is 12.5. The number of rotatable bonds is 2. The summed E-state index contributed by atoms with van der Waals surface area (Å²) in [6, 6.07) is 3.88. The number of hydrogen-bond acceptors (Lipinski definition) is 5. The van der Waals surface area contributed by atoms with Crippen LogP contribution in [0, 0.1) is 0 Å². The molecular formula is C11H9F3N2O4S. The number of carbonyl (C=O) groups excluding carboxylic acids is 1. The van der Waals surface area contributed by atoms with E-state index in [9.17, 15) is 26.4 Å². The Morgan fingerprint density at radius 3 is 2.52 bits per heavy atom. The molecule has 1 aromatic rings. The topological polar surface area (TPSA) is 76.0 Å². The number of carbonyl (C=O) groups is 1. The number of alkyl halides is 3. The number of benzene rings is 1. The number of ether oxygens (including phenoxy) is 1. The number of likely N-dealkylation sites (N-methyl/N-ethyl adjacent to an activating group) is 1. The summed E-state index contributed by atoms with van der Waals surface area (Å²) in [5.41, 5.74) is -5.47. The Bertz CT molecular complexity index is 712. The summed E-state index contributed by atoms with van der Waals surface area (Å²) in [5, 5.41) is 0. The average molecular weight is 322 g/mol. The summed E-state index contributed by atoms with van der Waals surface area (Å²) in [5.74, 6) is -0.368. The van der Waals surface area contributed by atoms with Crippen LogP contribution in [-0.4, -0.2) is 44.4 Å². The van der Waals surface area contributed by atoms with Gasteiger partial charge in [-0.15, -0.1) is 0 Å². The van der Waals surface area contributed by atoms with Gasteiger partial charge in [0.2, 0.25) is 0 Å². The number of amidine groups is 1. The summed E-state index contributed by atoms with van der Waals surface area (Å²) in [7, 11) is -4.07. The molecule has 21 heavy (non-hydrogen) atoms. The van der Waals surface area contributed by atoms with Gasteiger partial charge in [-0.25, -0.2) is 8.42 Å². The van der Waals surface area contributed by atoms with Crippen LogP contribution in [0.2, 0.25) is 0 Å². The Kier molecular flexibility index (Phi) is 3.66. The molecule has 0 spiro atoms. The second-order valence-corrected chi connectivity index (χ2v) is 6.02. The summed E-state index contributed by atoms with van der Waals surface area (Å²) >= 11 is 0. The Morgan fingerprint density at radius 1 is 1.33 bits per heavy atom. The van der Waals surface area contributed by atoms with Gasteiger partial charge in [-0.3, -0.25) is 9.69 Å². The van der Waals surface area contributed by atoms with Gasteiger partial charge in [0, 0.05) is 7.05 Å². The SMILES string of the molecule is CN1C(=O)COC1=Nc1cccc(S(=O)(=O)C(F)(F)F)c1. The predicted molar refractivity (Wildman–Crippen MR) is 65.5 cm³/mol. The third-order valence-electron chi connectivity index (χ3n) is 2.64.